The molecule has 0 radical (unpaired) electrons. The molecule has 5 rings (SSSR count). The molecule has 1 aromatic carbocycles. The van der Waals surface area contributed by atoms with E-state index >= 15 is 4.39 Å². The lowest BCUT2D eigenvalue weighted by molar-refractivity contribution is -0.00399. The van der Waals surface area contributed by atoms with Gasteiger partial charge in [-0.15, -0.1) is 0 Å². The van der Waals surface area contributed by atoms with E-state index in [1.807, 2.05) is 0 Å². The van der Waals surface area contributed by atoms with Gasteiger partial charge in [-0.3, -0.25) is 4.79 Å². The Kier molecular flexibility index (Phi) is 3.67. The summed E-state index contributed by atoms with van der Waals surface area (Å²) in [7, 11) is 0. The minimum atomic E-state index is -1.66. The number of nitrogens with zero attached hydrogens (tertiary/aromatic N) is 2. The molecule has 3 fully saturated rings. The van der Waals surface area contributed by atoms with Gasteiger partial charge in [0.2, 0.25) is 5.43 Å². The molecule has 0 spiro atoms. The Morgan fingerprint density at radius 1 is 1.25 bits per heavy atom. The smallest absolute Gasteiger partial charge is 0.449 e. The lowest BCUT2D eigenvalue weighted by Crippen LogP contribution is -2.39. The van der Waals surface area contributed by atoms with Crippen LogP contribution in [-0.2, 0) is 0 Å². The lowest BCUT2D eigenvalue weighted by Gasteiger charge is -2.34. The van der Waals surface area contributed by atoms with Gasteiger partial charge in [-0.2, -0.15) is 0 Å². The van der Waals surface area contributed by atoms with E-state index in [0.29, 0.717) is 19.5 Å². The fourth-order valence-corrected chi connectivity index (χ4v) is 4.56. The fourth-order valence-electron chi connectivity index (χ4n) is 4.56. The number of aliphatic hydroxyl groups excluding tert-OH is 1. The van der Waals surface area contributed by atoms with Gasteiger partial charge in [0.05, 0.1) is 23.2 Å². The van der Waals surface area contributed by atoms with Crippen LogP contribution >= 0.6 is 0 Å². The molecule has 1 aromatic heterocycles. The molecular weight excluding hydrogens is 374 g/mol. The topological polar surface area (TPSA) is 92.0 Å². The van der Waals surface area contributed by atoms with E-state index in [2.05, 4.69) is 4.74 Å². The zero-order valence-electron chi connectivity index (χ0n) is 14.8. The Labute approximate surface area is 157 Å². The van der Waals surface area contributed by atoms with Crippen molar-refractivity contribution in [1.82, 2.24) is 4.57 Å². The predicted molar refractivity (Wildman–Crippen MR) is 94.9 cm³/mol. The number of carbonyl (C=O) groups is 1. The van der Waals surface area contributed by atoms with Gasteiger partial charge in [-0.25, -0.2) is 13.6 Å². The fraction of sp³-hybridized carbons (Fsp3) is 0.474. The Bertz CT molecular complexity index is 1060. The molecule has 2 aliphatic carbocycles. The zero-order chi connectivity index (χ0) is 19.7. The molecule has 1 saturated heterocycles. The first-order valence-electron chi connectivity index (χ1n) is 9.25. The Morgan fingerprint density at radius 2 is 2.00 bits per heavy atom. The van der Waals surface area contributed by atoms with E-state index in [1.54, 1.807) is 4.90 Å². The van der Waals surface area contributed by atoms with Crippen molar-refractivity contribution in [3.63, 3.8) is 0 Å². The number of ether oxygens (including phenoxy) is 1. The number of rotatable bonds is 3. The van der Waals surface area contributed by atoms with Crippen LogP contribution < -0.4 is 15.1 Å². The maximum atomic E-state index is 15.5. The highest BCUT2D eigenvalue weighted by Crippen LogP contribution is 2.45. The van der Waals surface area contributed by atoms with Crippen LogP contribution in [0, 0.1) is 23.5 Å². The first-order valence-corrected chi connectivity index (χ1v) is 9.25. The highest BCUT2D eigenvalue weighted by molar-refractivity contribution is 5.86. The van der Waals surface area contributed by atoms with E-state index < -0.39 is 35.1 Å². The summed E-state index contributed by atoms with van der Waals surface area (Å²) in [4.78, 5) is 25.0. The molecule has 28 heavy (non-hydrogen) atoms. The van der Waals surface area contributed by atoms with Gasteiger partial charge in [0.25, 0.3) is 0 Å². The molecule has 0 amide bonds. The standard InChI is InChI=1S/C19H18F2N2O5/c20-12-4-10-16(15(21)17(12)22-5-8-3-13(24)11(8)6-22)23(9-1-2-9)7-14(18(10)25)28-19(26)27/h4,7-9,11,13,24H,1-3,5-6H2,(H,26,27)/t8-,11+,13-/m1/s1. The number of halogens is 2. The van der Waals surface area contributed by atoms with Gasteiger partial charge in [-0.1, -0.05) is 0 Å². The summed E-state index contributed by atoms with van der Waals surface area (Å²) in [6, 6.07) is 0.865. The van der Waals surface area contributed by atoms with Crippen molar-refractivity contribution in [2.45, 2.75) is 31.4 Å². The second-order valence-corrected chi connectivity index (χ2v) is 7.88. The highest BCUT2D eigenvalue weighted by Gasteiger charge is 2.47. The van der Waals surface area contributed by atoms with E-state index in [4.69, 9.17) is 5.11 Å². The molecule has 0 unspecified atom stereocenters. The van der Waals surface area contributed by atoms with Crippen molar-refractivity contribution >= 4 is 22.7 Å². The summed E-state index contributed by atoms with van der Waals surface area (Å²) in [5.41, 5.74) is -1.10. The van der Waals surface area contributed by atoms with Crippen LogP contribution in [0.15, 0.2) is 17.1 Å². The first kappa shape index (κ1) is 17.4. The molecule has 3 aliphatic rings. The highest BCUT2D eigenvalue weighted by atomic mass is 19.1. The number of hydrogen-bond donors (Lipinski definition) is 2. The Morgan fingerprint density at radius 3 is 2.61 bits per heavy atom. The van der Waals surface area contributed by atoms with Crippen LogP contribution in [0.25, 0.3) is 10.9 Å². The Hall–Kier alpha value is -2.68. The zero-order valence-corrected chi connectivity index (χ0v) is 14.8. The van der Waals surface area contributed by atoms with E-state index in [9.17, 15) is 19.1 Å². The summed E-state index contributed by atoms with van der Waals surface area (Å²) < 4.78 is 36.4. The van der Waals surface area contributed by atoms with Crippen molar-refractivity contribution in [3.8, 4) is 5.75 Å². The molecule has 0 bridgehead atoms. The van der Waals surface area contributed by atoms with Crippen molar-refractivity contribution < 1.29 is 28.5 Å². The maximum absolute atomic E-state index is 15.5. The number of aromatic nitrogens is 1. The second-order valence-electron chi connectivity index (χ2n) is 7.88. The van der Waals surface area contributed by atoms with E-state index in [0.717, 1.165) is 18.9 Å². The first-order chi connectivity index (χ1) is 13.3. The molecule has 1 aliphatic heterocycles. The van der Waals surface area contributed by atoms with Gasteiger partial charge in [0.15, 0.2) is 11.6 Å². The molecule has 2 saturated carbocycles. The van der Waals surface area contributed by atoms with E-state index in [1.165, 1.54) is 10.8 Å². The van der Waals surface area contributed by atoms with Gasteiger partial charge in [0, 0.05) is 25.0 Å². The molecule has 2 heterocycles. The minimum Gasteiger partial charge on any atom is -0.449 e. The number of fused-ring (bicyclic) bond motifs is 2. The third-order valence-corrected chi connectivity index (χ3v) is 6.13. The maximum Gasteiger partial charge on any atom is 0.511 e. The van der Waals surface area contributed by atoms with Crippen molar-refractivity contribution in [2.24, 2.45) is 11.8 Å². The summed E-state index contributed by atoms with van der Waals surface area (Å²) in [6.07, 6.45) is 1.21. The summed E-state index contributed by atoms with van der Waals surface area (Å²) >= 11 is 0. The van der Waals surface area contributed by atoms with Crippen LogP contribution in [0.2, 0.25) is 0 Å². The van der Waals surface area contributed by atoms with Crippen LogP contribution in [0.5, 0.6) is 5.75 Å². The lowest BCUT2D eigenvalue weighted by atomic mass is 9.74. The average molecular weight is 392 g/mol. The predicted octanol–water partition coefficient (Wildman–Crippen LogP) is 2.49. The van der Waals surface area contributed by atoms with Crippen molar-refractivity contribution in [3.05, 3.63) is 34.1 Å². The normalized spacial score (nSPS) is 26.2. The second kappa shape index (κ2) is 5.91. The van der Waals surface area contributed by atoms with Crippen molar-refractivity contribution in [2.75, 3.05) is 18.0 Å². The van der Waals surface area contributed by atoms with Crippen LogP contribution in [0.4, 0.5) is 19.3 Å². The number of pyridine rings is 1. The van der Waals surface area contributed by atoms with Gasteiger partial charge in [0.1, 0.15) is 11.5 Å². The molecule has 9 heteroatoms. The molecule has 3 atom stereocenters. The van der Waals surface area contributed by atoms with Crippen molar-refractivity contribution in [1.29, 1.82) is 0 Å². The number of anilines is 1. The van der Waals surface area contributed by atoms with Crippen LogP contribution in [-0.4, -0.2) is 40.1 Å². The third-order valence-electron chi connectivity index (χ3n) is 6.13. The quantitative estimate of drug-likeness (QED) is 0.780. The summed E-state index contributed by atoms with van der Waals surface area (Å²) in [5.74, 6) is -1.97. The van der Waals surface area contributed by atoms with Crippen LogP contribution in [0.1, 0.15) is 25.3 Å². The van der Waals surface area contributed by atoms with Crippen LogP contribution in [0.3, 0.4) is 0 Å². The third kappa shape index (κ3) is 2.49. The number of aliphatic hydroxyl groups is 1. The van der Waals surface area contributed by atoms with Gasteiger partial charge >= 0.3 is 6.16 Å². The number of benzene rings is 1. The minimum absolute atomic E-state index is 0.00599. The Balaban J connectivity index is 1.69. The average Bonchev–Trinajstić information content (AvgIpc) is 3.40. The van der Waals surface area contributed by atoms with Gasteiger partial charge < -0.3 is 24.4 Å². The summed E-state index contributed by atoms with van der Waals surface area (Å²) in [6.45, 7) is 0.813. The van der Waals surface area contributed by atoms with E-state index in [-0.39, 0.29) is 34.5 Å². The molecule has 148 valence electrons. The SMILES string of the molecule is O=C(O)Oc1cn(C2CC2)c2c(F)c(N3C[C@H]4C[C@@H](O)[C@H]4C3)c(F)cc2c1=O. The largest absolute Gasteiger partial charge is 0.511 e. The molecule has 2 N–H and O–H groups in total. The number of hydrogen-bond acceptors (Lipinski definition) is 5. The molecule has 2 aromatic rings. The molecule has 7 nitrogen and oxygen atoms in total. The number of carboxylic acid groups (broad SMARTS) is 1. The monoisotopic (exact) mass is 392 g/mol. The molecular formula is C19H18F2N2O5. The summed E-state index contributed by atoms with van der Waals surface area (Å²) in [5, 5.41) is 18.4. The van der Waals surface area contributed by atoms with Gasteiger partial charge in [-0.05, 0) is 31.2 Å².